The number of rotatable bonds is 8. The molecule has 2 aliphatic heterocycles. The summed E-state index contributed by atoms with van der Waals surface area (Å²) in [7, 11) is 0. The summed E-state index contributed by atoms with van der Waals surface area (Å²) < 4.78 is 31.9. The van der Waals surface area contributed by atoms with E-state index in [1.54, 1.807) is 24.3 Å². The van der Waals surface area contributed by atoms with Gasteiger partial charge < -0.3 is 19.3 Å². The molecule has 32 heavy (non-hydrogen) atoms. The minimum Gasteiger partial charge on any atom is -0.480 e. The molecule has 1 N–H and O–H groups in total. The molecule has 3 aliphatic rings. The largest absolute Gasteiger partial charge is 0.480 e. The van der Waals surface area contributed by atoms with Crippen molar-refractivity contribution in [2.75, 3.05) is 19.8 Å². The number of ether oxygens (including phenoxy) is 3. The van der Waals surface area contributed by atoms with Crippen LogP contribution in [0.15, 0.2) is 36.4 Å². The second-order valence-corrected chi connectivity index (χ2v) is 8.76. The van der Waals surface area contributed by atoms with Gasteiger partial charge in [0, 0.05) is 5.41 Å². The smallest absolute Gasteiger partial charge is 0.329 e. The molecule has 168 valence electrons. The van der Waals surface area contributed by atoms with E-state index in [1.165, 1.54) is 6.07 Å². The van der Waals surface area contributed by atoms with Gasteiger partial charge in [-0.25, -0.2) is 14.0 Å². The summed E-state index contributed by atoms with van der Waals surface area (Å²) in [6.07, 6.45) is 4.21. The lowest BCUT2D eigenvalue weighted by Crippen LogP contribution is -2.53. The van der Waals surface area contributed by atoms with E-state index in [0.717, 1.165) is 36.8 Å². The first-order chi connectivity index (χ1) is 15.3. The molecular weight excluding hydrogens is 413 g/mol. The fourth-order valence-corrected chi connectivity index (χ4v) is 4.73. The number of aliphatic carboxylic acids is 1. The zero-order chi connectivity index (χ0) is 22.8. The molecule has 0 amide bonds. The maximum absolute atomic E-state index is 14.5. The molecule has 2 saturated heterocycles. The van der Waals surface area contributed by atoms with Crippen LogP contribution in [0.5, 0.6) is 11.5 Å². The molecule has 5 rings (SSSR count). The number of fused-ring (bicyclic) bond motifs is 3. The van der Waals surface area contributed by atoms with Crippen LogP contribution in [0.1, 0.15) is 43.2 Å². The number of halogens is 1. The third-order valence-electron chi connectivity index (χ3n) is 6.76. The van der Waals surface area contributed by atoms with Crippen molar-refractivity contribution in [3.63, 3.8) is 0 Å². The van der Waals surface area contributed by atoms with Gasteiger partial charge in [0.05, 0.1) is 25.4 Å². The second-order valence-electron chi connectivity index (χ2n) is 8.76. The summed E-state index contributed by atoms with van der Waals surface area (Å²) in [6, 6.07) is 10.1. The van der Waals surface area contributed by atoms with Crippen molar-refractivity contribution in [1.29, 1.82) is 0 Å². The van der Waals surface area contributed by atoms with Gasteiger partial charge in [0.1, 0.15) is 12.4 Å². The maximum Gasteiger partial charge on any atom is 0.329 e. The van der Waals surface area contributed by atoms with Crippen molar-refractivity contribution < 1.29 is 28.5 Å². The molecule has 2 bridgehead atoms. The Morgan fingerprint density at radius 2 is 2.00 bits per heavy atom. The molecular formula is C25H26FNO5. The van der Waals surface area contributed by atoms with E-state index in [4.69, 9.17) is 25.9 Å². The van der Waals surface area contributed by atoms with E-state index in [-0.39, 0.29) is 23.4 Å². The highest BCUT2D eigenvalue weighted by molar-refractivity contribution is 5.68. The SMILES string of the molecule is [C-]#[N+]c1ccc(Oc2cc(C34CCC(CCOCC(=O)O)(CC3)OC4)ccc2F)cc1C. The van der Waals surface area contributed by atoms with Crippen molar-refractivity contribution in [1.82, 2.24) is 0 Å². The lowest BCUT2D eigenvalue weighted by atomic mass is 9.62. The number of benzene rings is 2. The molecule has 0 aromatic heterocycles. The molecule has 0 unspecified atom stereocenters. The summed E-state index contributed by atoms with van der Waals surface area (Å²) in [6.45, 7) is 9.59. The molecule has 7 heteroatoms. The maximum atomic E-state index is 14.5. The molecule has 2 aromatic carbocycles. The van der Waals surface area contributed by atoms with Crippen LogP contribution < -0.4 is 4.74 Å². The van der Waals surface area contributed by atoms with E-state index in [0.29, 0.717) is 31.1 Å². The van der Waals surface area contributed by atoms with Crippen LogP contribution in [0.2, 0.25) is 0 Å². The van der Waals surface area contributed by atoms with Gasteiger partial charge >= 0.3 is 5.97 Å². The number of carboxylic acid groups (broad SMARTS) is 1. The first-order valence-corrected chi connectivity index (χ1v) is 10.7. The standard InChI is InChI=1S/C25H26FNO5/c1-17-13-19(4-6-21(17)27-2)32-22-14-18(3-5-20(22)26)24-7-9-25(10-8-24,31-16-24)11-12-30-15-23(28)29/h3-6,13-14H,7-12,15-16H2,1H3,(H,28,29). The van der Waals surface area contributed by atoms with E-state index in [1.807, 2.05) is 13.0 Å². The Bertz CT molecular complexity index is 1040. The highest BCUT2D eigenvalue weighted by Crippen LogP contribution is 2.52. The van der Waals surface area contributed by atoms with Gasteiger partial charge in [0.2, 0.25) is 0 Å². The molecule has 0 atom stereocenters. The van der Waals surface area contributed by atoms with Gasteiger partial charge in [0.25, 0.3) is 0 Å². The Labute approximate surface area is 186 Å². The van der Waals surface area contributed by atoms with Crippen LogP contribution in [-0.2, 0) is 19.7 Å². The summed E-state index contributed by atoms with van der Waals surface area (Å²) in [5.41, 5.74) is 1.88. The van der Waals surface area contributed by atoms with Gasteiger partial charge in [-0.2, -0.15) is 0 Å². The zero-order valence-corrected chi connectivity index (χ0v) is 18.0. The van der Waals surface area contributed by atoms with E-state index in [9.17, 15) is 9.18 Å². The number of carbonyl (C=O) groups is 1. The fraction of sp³-hybridized carbons (Fsp3) is 0.440. The molecule has 2 aromatic rings. The number of aryl methyl sites for hydroxylation is 1. The Kier molecular flexibility index (Phi) is 6.18. The average Bonchev–Trinajstić information content (AvgIpc) is 2.79. The van der Waals surface area contributed by atoms with Crippen LogP contribution in [-0.4, -0.2) is 36.5 Å². The van der Waals surface area contributed by atoms with Gasteiger partial charge in [0.15, 0.2) is 17.3 Å². The monoisotopic (exact) mass is 439 g/mol. The van der Waals surface area contributed by atoms with Crippen molar-refractivity contribution in [2.24, 2.45) is 0 Å². The molecule has 6 nitrogen and oxygen atoms in total. The van der Waals surface area contributed by atoms with Gasteiger partial charge in [-0.15, -0.1) is 0 Å². The summed E-state index contributed by atoms with van der Waals surface area (Å²) in [5.74, 6) is -0.750. The lowest BCUT2D eigenvalue weighted by Gasteiger charge is -2.53. The van der Waals surface area contributed by atoms with Gasteiger partial charge in [-0.1, -0.05) is 12.1 Å². The fourth-order valence-electron chi connectivity index (χ4n) is 4.73. The molecule has 1 saturated carbocycles. The highest BCUT2D eigenvalue weighted by Gasteiger charge is 2.50. The quantitative estimate of drug-likeness (QED) is 0.431. The Hall–Kier alpha value is -2.95. The molecule has 0 radical (unpaired) electrons. The Balaban J connectivity index is 1.46. The van der Waals surface area contributed by atoms with Crippen LogP contribution in [0, 0.1) is 19.3 Å². The first kappa shape index (κ1) is 22.3. The highest BCUT2D eigenvalue weighted by atomic mass is 19.1. The zero-order valence-electron chi connectivity index (χ0n) is 18.0. The molecule has 3 fully saturated rings. The normalized spacial score (nSPS) is 24.2. The number of hydrogen-bond donors (Lipinski definition) is 1. The average molecular weight is 439 g/mol. The minimum absolute atomic E-state index is 0.163. The number of hydrogen-bond acceptors (Lipinski definition) is 4. The molecule has 0 spiro atoms. The van der Waals surface area contributed by atoms with Crippen LogP contribution in [0.4, 0.5) is 10.1 Å². The third kappa shape index (κ3) is 4.47. The topological polar surface area (TPSA) is 69.4 Å². The van der Waals surface area contributed by atoms with Crippen molar-refractivity contribution in [3.8, 4) is 11.5 Å². The van der Waals surface area contributed by atoms with Crippen LogP contribution in [0.3, 0.4) is 0 Å². The summed E-state index contributed by atoms with van der Waals surface area (Å²) in [5, 5.41) is 8.71. The van der Waals surface area contributed by atoms with E-state index >= 15 is 0 Å². The summed E-state index contributed by atoms with van der Waals surface area (Å²) >= 11 is 0. The van der Waals surface area contributed by atoms with Crippen molar-refractivity contribution in [2.45, 2.75) is 50.0 Å². The number of nitrogens with zero attached hydrogens (tertiary/aromatic N) is 1. The number of carboxylic acids is 1. The van der Waals surface area contributed by atoms with Crippen LogP contribution in [0.25, 0.3) is 4.85 Å². The lowest BCUT2D eigenvalue weighted by molar-refractivity contribution is -0.168. The predicted octanol–water partition coefficient (Wildman–Crippen LogP) is 5.55. The third-order valence-corrected chi connectivity index (χ3v) is 6.76. The van der Waals surface area contributed by atoms with Gasteiger partial charge in [-0.05, 0) is 74.4 Å². The molecule has 2 heterocycles. The Morgan fingerprint density at radius 3 is 2.62 bits per heavy atom. The van der Waals surface area contributed by atoms with Crippen molar-refractivity contribution in [3.05, 3.63) is 64.8 Å². The van der Waals surface area contributed by atoms with Gasteiger partial charge in [-0.3, -0.25) is 0 Å². The summed E-state index contributed by atoms with van der Waals surface area (Å²) in [4.78, 5) is 14.1. The second kappa shape index (κ2) is 8.89. The minimum atomic E-state index is -0.971. The van der Waals surface area contributed by atoms with E-state index < -0.39 is 11.8 Å². The first-order valence-electron chi connectivity index (χ1n) is 10.7. The Morgan fingerprint density at radius 1 is 1.22 bits per heavy atom. The van der Waals surface area contributed by atoms with E-state index in [2.05, 4.69) is 4.85 Å². The molecule has 1 aliphatic carbocycles. The van der Waals surface area contributed by atoms with Crippen LogP contribution >= 0.6 is 0 Å². The predicted molar refractivity (Wildman–Crippen MR) is 116 cm³/mol. The van der Waals surface area contributed by atoms with Crippen molar-refractivity contribution >= 4 is 11.7 Å².